The number of rotatable bonds is 6. The van der Waals surface area contributed by atoms with E-state index < -0.39 is 0 Å². The van der Waals surface area contributed by atoms with Gasteiger partial charge in [-0.05, 0) is 6.42 Å². The molecule has 104 valence electrons. The molecule has 0 unspecified atom stereocenters. The Morgan fingerprint density at radius 3 is 2.95 bits per heavy atom. The van der Waals surface area contributed by atoms with E-state index in [2.05, 4.69) is 19.7 Å². The minimum atomic E-state index is -0.366. The molecule has 1 rings (SSSR count). The van der Waals surface area contributed by atoms with Gasteiger partial charge in [0.1, 0.15) is 10.7 Å². The molecule has 0 amide bonds. The first-order chi connectivity index (χ1) is 9.08. The Labute approximate surface area is 120 Å². The number of thioether (sulfide) groups is 1. The largest absolute Gasteiger partial charge is 0.468 e. The van der Waals surface area contributed by atoms with Crippen LogP contribution in [0.5, 0.6) is 0 Å². The molecule has 0 aliphatic carbocycles. The number of hydrogen-bond donors (Lipinski definition) is 1. The number of ether oxygens (including phenoxy) is 1. The van der Waals surface area contributed by atoms with Crippen LogP contribution in [0, 0.1) is 0 Å². The van der Waals surface area contributed by atoms with Crippen LogP contribution in [-0.4, -0.2) is 41.6 Å². The number of anilines is 1. The number of methoxy groups -OCH3 is 1. The van der Waals surface area contributed by atoms with E-state index in [0.717, 1.165) is 18.2 Å². The molecule has 0 aliphatic heterocycles. The summed E-state index contributed by atoms with van der Waals surface area (Å²) < 4.78 is 4.53. The van der Waals surface area contributed by atoms with Crippen LogP contribution in [-0.2, 0) is 9.53 Å². The third-order valence-corrected chi connectivity index (χ3v) is 3.31. The molecular formula is C11H15ClN4O2S. The molecular weight excluding hydrogens is 288 g/mol. The van der Waals surface area contributed by atoms with Crippen LogP contribution < -0.4 is 5.73 Å². The number of nitrogen functional groups attached to an aromatic ring is 1. The van der Waals surface area contributed by atoms with Crippen molar-refractivity contribution in [1.29, 1.82) is 0 Å². The normalized spacial score (nSPS) is 10.9. The molecule has 0 atom stereocenters. The zero-order valence-electron chi connectivity index (χ0n) is 10.7. The summed E-state index contributed by atoms with van der Waals surface area (Å²) in [7, 11) is 1.32. The molecule has 8 heteroatoms. The first-order valence-corrected chi connectivity index (χ1v) is 6.97. The lowest BCUT2D eigenvalue weighted by Crippen LogP contribution is -2.06. The van der Waals surface area contributed by atoms with Crippen LogP contribution >= 0.6 is 23.4 Å². The van der Waals surface area contributed by atoms with Gasteiger partial charge in [0.05, 0.1) is 19.1 Å². The molecule has 1 aromatic rings. The van der Waals surface area contributed by atoms with Crippen molar-refractivity contribution in [2.75, 3.05) is 25.1 Å². The molecule has 6 nitrogen and oxygen atoms in total. The van der Waals surface area contributed by atoms with Crippen molar-refractivity contribution in [1.82, 2.24) is 9.97 Å². The fourth-order valence-corrected chi connectivity index (χ4v) is 2.07. The van der Waals surface area contributed by atoms with E-state index in [-0.39, 0.29) is 22.7 Å². The van der Waals surface area contributed by atoms with Gasteiger partial charge in [0.15, 0.2) is 11.0 Å². The summed E-state index contributed by atoms with van der Waals surface area (Å²) in [5.74, 6) is -0.0280. The van der Waals surface area contributed by atoms with E-state index in [4.69, 9.17) is 17.3 Å². The number of carbonyl (C=O) groups excluding carboxylic acids is 1. The highest BCUT2D eigenvalue weighted by molar-refractivity contribution is 8.00. The highest BCUT2D eigenvalue weighted by Gasteiger charge is 2.11. The summed E-state index contributed by atoms with van der Waals surface area (Å²) in [6, 6.07) is 0. The molecule has 19 heavy (non-hydrogen) atoms. The summed E-state index contributed by atoms with van der Waals surface area (Å²) in [5, 5.41) is 0.596. The second-order valence-corrected chi connectivity index (χ2v) is 4.81. The lowest BCUT2D eigenvalue weighted by Gasteiger charge is -2.05. The van der Waals surface area contributed by atoms with Crippen molar-refractivity contribution in [2.24, 2.45) is 4.99 Å². The predicted octanol–water partition coefficient (Wildman–Crippen LogP) is 1.81. The van der Waals surface area contributed by atoms with Crippen LogP contribution in [0.15, 0.2) is 10.0 Å². The Kier molecular flexibility index (Phi) is 6.58. The smallest absolute Gasteiger partial charge is 0.316 e. The van der Waals surface area contributed by atoms with Gasteiger partial charge < -0.3 is 10.5 Å². The molecule has 0 saturated heterocycles. The van der Waals surface area contributed by atoms with Gasteiger partial charge >= 0.3 is 5.97 Å². The topological polar surface area (TPSA) is 90.5 Å². The lowest BCUT2D eigenvalue weighted by atomic mass is 10.4. The van der Waals surface area contributed by atoms with Crippen molar-refractivity contribution < 1.29 is 9.53 Å². The van der Waals surface area contributed by atoms with Gasteiger partial charge in [-0.3, -0.25) is 9.79 Å². The predicted molar refractivity (Wildman–Crippen MR) is 76.9 cm³/mol. The van der Waals surface area contributed by atoms with Gasteiger partial charge in [-0.2, -0.15) is 0 Å². The summed E-state index contributed by atoms with van der Waals surface area (Å²) >= 11 is 7.10. The van der Waals surface area contributed by atoms with Crippen molar-refractivity contribution in [2.45, 2.75) is 18.4 Å². The van der Waals surface area contributed by atoms with Gasteiger partial charge in [0, 0.05) is 6.54 Å². The van der Waals surface area contributed by atoms with E-state index in [1.807, 2.05) is 6.92 Å². The van der Waals surface area contributed by atoms with Crippen molar-refractivity contribution in [3.63, 3.8) is 0 Å². The Bertz CT molecular complexity index is 482. The highest BCUT2D eigenvalue weighted by atomic mass is 35.5. The Balaban J connectivity index is 2.81. The average Bonchev–Trinajstić information content (AvgIpc) is 2.40. The lowest BCUT2D eigenvalue weighted by molar-refractivity contribution is -0.137. The maximum absolute atomic E-state index is 11.0. The second-order valence-electron chi connectivity index (χ2n) is 3.49. The number of aliphatic imine (C=N–C) groups is 1. The minimum Gasteiger partial charge on any atom is -0.468 e. The Morgan fingerprint density at radius 1 is 1.58 bits per heavy atom. The van der Waals surface area contributed by atoms with Gasteiger partial charge in [0.25, 0.3) is 0 Å². The average molecular weight is 303 g/mol. The Hall–Kier alpha value is -1.34. The maximum Gasteiger partial charge on any atom is 0.316 e. The first kappa shape index (κ1) is 15.7. The van der Waals surface area contributed by atoms with E-state index in [0.29, 0.717) is 17.3 Å². The van der Waals surface area contributed by atoms with Crippen LogP contribution in [0.4, 0.5) is 5.82 Å². The van der Waals surface area contributed by atoms with E-state index in [1.54, 1.807) is 6.21 Å². The fraction of sp³-hybridized carbons (Fsp3) is 0.455. The van der Waals surface area contributed by atoms with E-state index in [9.17, 15) is 4.79 Å². The van der Waals surface area contributed by atoms with E-state index in [1.165, 1.54) is 7.11 Å². The van der Waals surface area contributed by atoms with Crippen LogP contribution in [0.25, 0.3) is 0 Å². The third-order valence-electron chi connectivity index (χ3n) is 2.00. The molecule has 0 bridgehead atoms. The first-order valence-electron chi connectivity index (χ1n) is 5.61. The molecule has 0 saturated carbocycles. The summed E-state index contributed by atoms with van der Waals surface area (Å²) in [5.41, 5.74) is 6.19. The molecule has 0 aliphatic rings. The number of nitrogens with zero attached hydrogens (tertiary/aromatic N) is 3. The van der Waals surface area contributed by atoms with Gasteiger partial charge in [-0.1, -0.05) is 30.3 Å². The summed E-state index contributed by atoms with van der Waals surface area (Å²) in [6.45, 7) is 2.71. The van der Waals surface area contributed by atoms with Crippen LogP contribution in [0.1, 0.15) is 19.0 Å². The number of esters is 1. The molecule has 1 aromatic heterocycles. The van der Waals surface area contributed by atoms with Crippen molar-refractivity contribution in [3.05, 3.63) is 10.8 Å². The van der Waals surface area contributed by atoms with E-state index >= 15 is 0 Å². The number of carbonyl (C=O) groups is 1. The second kappa shape index (κ2) is 7.96. The molecule has 1 heterocycles. The number of aromatic nitrogens is 2. The SMILES string of the molecule is CCC/N=C/c1nc(Cl)c(SCC(=O)OC)nc1N. The molecule has 2 N–H and O–H groups in total. The minimum absolute atomic E-state index is 0.105. The third kappa shape index (κ3) is 5.04. The summed E-state index contributed by atoms with van der Waals surface area (Å²) in [4.78, 5) is 23.4. The molecule has 0 radical (unpaired) electrons. The molecule has 0 aromatic carbocycles. The maximum atomic E-state index is 11.0. The standard InChI is InChI=1S/C11H15ClN4O2S/c1-3-4-14-5-7-10(13)16-11(9(12)15-7)19-6-8(17)18-2/h5H,3-4,6H2,1-2H3,(H2,13,16)/b14-5+. The molecule has 0 spiro atoms. The van der Waals surface area contributed by atoms with Crippen LogP contribution in [0.3, 0.4) is 0 Å². The quantitative estimate of drug-likeness (QED) is 0.489. The summed E-state index contributed by atoms with van der Waals surface area (Å²) in [6.07, 6.45) is 2.48. The number of halogens is 1. The number of hydrogen-bond acceptors (Lipinski definition) is 7. The van der Waals surface area contributed by atoms with Gasteiger partial charge in [0.2, 0.25) is 0 Å². The van der Waals surface area contributed by atoms with Gasteiger partial charge in [-0.15, -0.1) is 0 Å². The molecule has 0 fully saturated rings. The van der Waals surface area contributed by atoms with Crippen molar-refractivity contribution >= 4 is 41.4 Å². The fourth-order valence-electron chi connectivity index (χ4n) is 1.08. The zero-order chi connectivity index (χ0) is 14.3. The van der Waals surface area contributed by atoms with Gasteiger partial charge in [-0.25, -0.2) is 9.97 Å². The van der Waals surface area contributed by atoms with Crippen LogP contribution in [0.2, 0.25) is 5.15 Å². The Morgan fingerprint density at radius 2 is 2.32 bits per heavy atom. The highest BCUT2D eigenvalue weighted by Crippen LogP contribution is 2.25. The monoisotopic (exact) mass is 302 g/mol. The number of nitrogens with two attached hydrogens (primary N) is 1. The zero-order valence-corrected chi connectivity index (χ0v) is 12.3. The van der Waals surface area contributed by atoms with Crippen molar-refractivity contribution in [3.8, 4) is 0 Å².